The molecule has 152 valence electrons. The molecule has 9 atom stereocenters. The maximum Gasteiger partial charge on any atom is 0.219 e. The Balaban J connectivity index is 2.20. The van der Waals surface area contributed by atoms with E-state index in [1.807, 2.05) is 0 Å². The predicted octanol–water partition coefficient (Wildman–Crippen LogP) is -3.83. The summed E-state index contributed by atoms with van der Waals surface area (Å²) in [4.78, 5) is 11.4. The third-order valence-corrected chi connectivity index (χ3v) is 4.59. The molecule has 0 aliphatic carbocycles. The highest BCUT2D eigenvalue weighted by molar-refractivity contribution is 5.73. The molecular formula is C15H27NO10. The molecule has 0 spiro atoms. The largest absolute Gasteiger partial charge is 0.394 e. The average molecular weight is 381 g/mol. The van der Waals surface area contributed by atoms with E-state index < -0.39 is 73.9 Å². The lowest BCUT2D eigenvalue weighted by atomic mass is 9.94. The summed E-state index contributed by atoms with van der Waals surface area (Å²) >= 11 is 0. The number of rotatable bonds is 5. The van der Waals surface area contributed by atoms with Crippen LogP contribution in [-0.2, 0) is 19.0 Å². The Hall–Kier alpha value is -0.890. The van der Waals surface area contributed by atoms with Gasteiger partial charge in [-0.2, -0.15) is 0 Å². The van der Waals surface area contributed by atoms with E-state index in [9.17, 15) is 35.4 Å². The van der Waals surface area contributed by atoms with Crippen molar-refractivity contribution in [3.63, 3.8) is 0 Å². The Bertz CT molecular complexity index is 493. The maximum absolute atomic E-state index is 11.4. The molecule has 2 aliphatic heterocycles. The number of hydrogen-bond donors (Lipinski definition) is 7. The SMILES string of the molecule is CC(=O)NC1(O)C[C@H](O)C(CO)O[C@H]1OC1C(O)[C@H](O)C(CO)O[C@@H]1C. The van der Waals surface area contributed by atoms with Crippen LogP contribution >= 0.6 is 0 Å². The van der Waals surface area contributed by atoms with Crippen molar-refractivity contribution in [2.45, 2.75) is 75.0 Å². The van der Waals surface area contributed by atoms with Gasteiger partial charge >= 0.3 is 0 Å². The average Bonchev–Trinajstić information content (AvgIpc) is 2.55. The normalized spacial score (nSPS) is 46.8. The molecule has 26 heavy (non-hydrogen) atoms. The Kier molecular flexibility index (Phi) is 6.93. The molecular weight excluding hydrogens is 354 g/mol. The van der Waals surface area contributed by atoms with Crippen LogP contribution in [0.3, 0.4) is 0 Å². The Morgan fingerprint density at radius 2 is 1.77 bits per heavy atom. The molecule has 0 saturated carbocycles. The molecule has 2 rings (SSSR count). The number of hydrogen-bond acceptors (Lipinski definition) is 10. The minimum atomic E-state index is -2.13. The summed E-state index contributed by atoms with van der Waals surface area (Å²) < 4.78 is 16.3. The van der Waals surface area contributed by atoms with Gasteiger partial charge in [0.15, 0.2) is 5.72 Å². The smallest absolute Gasteiger partial charge is 0.219 e. The van der Waals surface area contributed by atoms with Crippen LogP contribution in [0.5, 0.6) is 0 Å². The van der Waals surface area contributed by atoms with Crippen LogP contribution in [0.15, 0.2) is 0 Å². The molecule has 1 amide bonds. The van der Waals surface area contributed by atoms with Crippen molar-refractivity contribution in [1.82, 2.24) is 5.32 Å². The van der Waals surface area contributed by atoms with Crippen LogP contribution in [0.4, 0.5) is 0 Å². The van der Waals surface area contributed by atoms with Crippen molar-refractivity contribution in [2.24, 2.45) is 0 Å². The number of carbonyl (C=O) groups excluding carboxylic acids is 1. The van der Waals surface area contributed by atoms with Crippen molar-refractivity contribution in [2.75, 3.05) is 13.2 Å². The Labute approximate surface area is 150 Å². The minimum Gasteiger partial charge on any atom is -0.394 e. The Morgan fingerprint density at radius 1 is 1.15 bits per heavy atom. The lowest BCUT2D eigenvalue weighted by Gasteiger charge is -2.48. The van der Waals surface area contributed by atoms with Gasteiger partial charge in [-0.15, -0.1) is 0 Å². The maximum atomic E-state index is 11.4. The van der Waals surface area contributed by atoms with Gasteiger partial charge in [-0.1, -0.05) is 0 Å². The van der Waals surface area contributed by atoms with E-state index >= 15 is 0 Å². The van der Waals surface area contributed by atoms with Crippen LogP contribution in [0.2, 0.25) is 0 Å². The van der Waals surface area contributed by atoms with Gasteiger partial charge in [-0.25, -0.2) is 0 Å². The van der Waals surface area contributed by atoms with E-state index in [4.69, 9.17) is 14.2 Å². The number of nitrogens with one attached hydrogen (secondary N) is 1. The van der Waals surface area contributed by atoms with Gasteiger partial charge in [0.05, 0.1) is 25.4 Å². The second kappa shape index (κ2) is 8.42. The zero-order valence-electron chi connectivity index (χ0n) is 14.6. The van der Waals surface area contributed by atoms with E-state index in [-0.39, 0.29) is 6.42 Å². The van der Waals surface area contributed by atoms with Crippen LogP contribution in [-0.4, -0.2) is 105 Å². The third-order valence-electron chi connectivity index (χ3n) is 4.59. The van der Waals surface area contributed by atoms with Crippen LogP contribution in [0.25, 0.3) is 0 Å². The van der Waals surface area contributed by atoms with E-state index in [0.717, 1.165) is 6.92 Å². The summed E-state index contributed by atoms with van der Waals surface area (Å²) in [6, 6.07) is 0. The summed E-state index contributed by atoms with van der Waals surface area (Å²) in [5.74, 6) is -0.617. The predicted molar refractivity (Wildman–Crippen MR) is 83.4 cm³/mol. The van der Waals surface area contributed by atoms with Gasteiger partial charge in [0.1, 0.15) is 30.5 Å². The molecule has 2 fully saturated rings. The van der Waals surface area contributed by atoms with E-state index in [0.29, 0.717) is 0 Å². The fourth-order valence-electron chi connectivity index (χ4n) is 3.24. The number of amides is 1. The molecule has 11 heteroatoms. The molecule has 5 unspecified atom stereocenters. The fraction of sp³-hybridized carbons (Fsp3) is 0.933. The van der Waals surface area contributed by atoms with E-state index in [1.165, 1.54) is 6.92 Å². The first-order valence-electron chi connectivity index (χ1n) is 8.36. The van der Waals surface area contributed by atoms with Gasteiger partial charge in [0, 0.05) is 13.3 Å². The highest BCUT2D eigenvalue weighted by Gasteiger charge is 2.52. The molecule has 0 radical (unpaired) electrons. The molecule has 7 N–H and O–H groups in total. The van der Waals surface area contributed by atoms with Crippen molar-refractivity contribution in [1.29, 1.82) is 0 Å². The van der Waals surface area contributed by atoms with Gasteiger partial charge in [0.2, 0.25) is 12.2 Å². The van der Waals surface area contributed by atoms with Crippen molar-refractivity contribution in [3.8, 4) is 0 Å². The zero-order valence-corrected chi connectivity index (χ0v) is 14.6. The van der Waals surface area contributed by atoms with Crippen molar-refractivity contribution in [3.05, 3.63) is 0 Å². The first kappa shape index (κ1) is 21.4. The number of ether oxygens (including phenoxy) is 3. The standard InChI is InChI=1S/C15H27NO10/c1-6-13(12(22)11(21)10(5-18)24-6)26-14-15(23,16-7(2)19)3-8(20)9(4-17)25-14/h6,8-14,17-18,20-23H,3-5H2,1-2H3,(H,16,19)/t6-,8+,9?,10?,11-,12?,13?,14+,15?/m1/s1. The van der Waals surface area contributed by atoms with E-state index in [2.05, 4.69) is 5.32 Å². The first-order chi connectivity index (χ1) is 12.1. The summed E-state index contributed by atoms with van der Waals surface area (Å²) in [6.07, 6.45) is -10.2. The molecule has 2 aliphatic rings. The number of aliphatic hydroxyl groups is 6. The van der Waals surface area contributed by atoms with Gasteiger partial charge in [-0.05, 0) is 6.92 Å². The van der Waals surface area contributed by atoms with Gasteiger partial charge in [-0.3, -0.25) is 4.79 Å². The van der Waals surface area contributed by atoms with Gasteiger partial charge in [0.25, 0.3) is 0 Å². The molecule has 2 saturated heterocycles. The molecule has 11 nitrogen and oxygen atoms in total. The summed E-state index contributed by atoms with van der Waals surface area (Å²) in [6.45, 7) is 1.60. The molecule has 0 aromatic rings. The fourth-order valence-corrected chi connectivity index (χ4v) is 3.24. The van der Waals surface area contributed by atoms with Crippen molar-refractivity contribution >= 4 is 5.91 Å². The topological polar surface area (TPSA) is 178 Å². The summed E-state index contributed by atoms with van der Waals surface area (Å²) in [7, 11) is 0. The zero-order chi connectivity index (χ0) is 19.6. The van der Waals surface area contributed by atoms with Crippen LogP contribution < -0.4 is 5.32 Å². The number of aliphatic hydroxyl groups excluding tert-OH is 5. The molecule has 2 heterocycles. The third kappa shape index (κ3) is 4.32. The van der Waals surface area contributed by atoms with Crippen molar-refractivity contribution < 1.29 is 49.6 Å². The van der Waals surface area contributed by atoms with Crippen LogP contribution in [0, 0.1) is 0 Å². The quantitative estimate of drug-likeness (QED) is 0.233. The summed E-state index contributed by atoms with van der Waals surface area (Å²) in [5.41, 5.74) is -2.13. The van der Waals surface area contributed by atoms with Gasteiger partial charge < -0.3 is 50.2 Å². The van der Waals surface area contributed by atoms with Crippen LogP contribution in [0.1, 0.15) is 20.3 Å². The van der Waals surface area contributed by atoms with E-state index in [1.54, 1.807) is 0 Å². The second-order valence-electron chi connectivity index (χ2n) is 6.71. The molecule has 0 aromatic heterocycles. The number of carbonyl (C=O) groups is 1. The lowest BCUT2D eigenvalue weighted by molar-refractivity contribution is -0.352. The molecule has 0 aromatic carbocycles. The monoisotopic (exact) mass is 381 g/mol. The molecule has 0 bridgehead atoms. The highest BCUT2D eigenvalue weighted by Crippen LogP contribution is 2.32. The lowest BCUT2D eigenvalue weighted by Crippen LogP contribution is -2.68. The Morgan fingerprint density at radius 3 is 2.31 bits per heavy atom. The first-order valence-corrected chi connectivity index (χ1v) is 8.36. The highest BCUT2D eigenvalue weighted by atomic mass is 16.7. The summed E-state index contributed by atoms with van der Waals surface area (Å²) in [5, 5.41) is 61.7. The second-order valence-corrected chi connectivity index (χ2v) is 6.71. The minimum absolute atomic E-state index is 0.387.